The van der Waals surface area contributed by atoms with E-state index in [4.69, 9.17) is 0 Å². The lowest BCUT2D eigenvalue weighted by Crippen LogP contribution is -2.33. The molecule has 1 aromatic carbocycles. The summed E-state index contributed by atoms with van der Waals surface area (Å²) >= 11 is 3.31. The molecule has 0 bridgehead atoms. The van der Waals surface area contributed by atoms with Crippen molar-refractivity contribution < 1.29 is 4.79 Å². The van der Waals surface area contributed by atoms with Crippen molar-refractivity contribution in [3.63, 3.8) is 0 Å². The minimum Gasteiger partial charge on any atom is -0.337 e. The highest BCUT2D eigenvalue weighted by Crippen LogP contribution is 2.17. The molecule has 102 valence electrons. The second kappa shape index (κ2) is 5.75. The van der Waals surface area contributed by atoms with Crippen LogP contribution in [-0.4, -0.2) is 28.9 Å². The van der Waals surface area contributed by atoms with E-state index in [0.29, 0.717) is 10.3 Å². The molecule has 3 rings (SSSR count). The Balaban J connectivity index is 1.78. The van der Waals surface area contributed by atoms with Gasteiger partial charge in [0.1, 0.15) is 10.3 Å². The Bertz CT molecular complexity index is 615. The van der Waals surface area contributed by atoms with Crippen LogP contribution in [0.3, 0.4) is 0 Å². The van der Waals surface area contributed by atoms with Crippen molar-refractivity contribution in [1.29, 1.82) is 0 Å². The average molecular weight is 331 g/mol. The molecule has 2 aromatic rings. The van der Waals surface area contributed by atoms with E-state index in [1.165, 1.54) is 11.1 Å². The average Bonchev–Trinajstić information content (AvgIpc) is 2.69. The number of halogens is 1. The van der Waals surface area contributed by atoms with Crippen LogP contribution in [0.25, 0.3) is 0 Å². The lowest BCUT2D eigenvalue weighted by molar-refractivity contribution is 0.0757. The second-order valence-electron chi connectivity index (χ2n) is 4.91. The second-order valence-corrected chi connectivity index (χ2v) is 5.72. The summed E-state index contributed by atoms with van der Waals surface area (Å²) in [6, 6.07) is 13.9. The Morgan fingerprint density at radius 1 is 1.00 bits per heavy atom. The number of nitrogens with zero attached hydrogens (tertiary/aromatic N) is 2. The van der Waals surface area contributed by atoms with Gasteiger partial charge < -0.3 is 4.90 Å². The highest BCUT2D eigenvalue weighted by atomic mass is 79.9. The monoisotopic (exact) mass is 330 g/mol. The number of pyridine rings is 1. The van der Waals surface area contributed by atoms with Crippen LogP contribution in [0.5, 0.6) is 0 Å². The molecule has 2 heterocycles. The van der Waals surface area contributed by atoms with Gasteiger partial charge >= 0.3 is 0 Å². The van der Waals surface area contributed by atoms with Gasteiger partial charge in [-0.15, -0.1) is 0 Å². The smallest absolute Gasteiger partial charge is 0.272 e. The number of amides is 1. The van der Waals surface area contributed by atoms with Crippen LogP contribution in [0.1, 0.15) is 21.6 Å². The molecule has 0 atom stereocenters. The molecule has 4 heteroatoms. The maximum Gasteiger partial charge on any atom is 0.272 e. The first-order chi connectivity index (χ1) is 9.74. The Morgan fingerprint density at radius 2 is 1.65 bits per heavy atom. The molecule has 0 aliphatic carbocycles. The number of carbonyl (C=O) groups is 1. The SMILES string of the molecule is O=C(c1cccc(Br)n1)N1CCc2ccccc2CC1. The number of aromatic nitrogens is 1. The summed E-state index contributed by atoms with van der Waals surface area (Å²) in [4.78, 5) is 18.6. The molecule has 20 heavy (non-hydrogen) atoms. The van der Waals surface area contributed by atoms with E-state index in [1.807, 2.05) is 17.0 Å². The zero-order chi connectivity index (χ0) is 13.9. The largest absolute Gasteiger partial charge is 0.337 e. The summed E-state index contributed by atoms with van der Waals surface area (Å²) in [7, 11) is 0. The third kappa shape index (κ3) is 2.75. The number of hydrogen-bond acceptors (Lipinski definition) is 2. The van der Waals surface area contributed by atoms with Crippen molar-refractivity contribution in [2.45, 2.75) is 12.8 Å². The zero-order valence-corrected chi connectivity index (χ0v) is 12.6. The van der Waals surface area contributed by atoms with E-state index in [9.17, 15) is 4.79 Å². The van der Waals surface area contributed by atoms with E-state index < -0.39 is 0 Å². The van der Waals surface area contributed by atoms with Crippen molar-refractivity contribution in [2.24, 2.45) is 0 Å². The number of carbonyl (C=O) groups excluding carboxylic acids is 1. The summed E-state index contributed by atoms with van der Waals surface area (Å²) in [5.74, 6) is 0.0131. The van der Waals surface area contributed by atoms with Crippen molar-refractivity contribution in [2.75, 3.05) is 13.1 Å². The van der Waals surface area contributed by atoms with Crippen LogP contribution in [0.15, 0.2) is 47.1 Å². The molecule has 1 amide bonds. The number of fused-ring (bicyclic) bond motifs is 1. The van der Waals surface area contributed by atoms with Crippen LogP contribution < -0.4 is 0 Å². The summed E-state index contributed by atoms with van der Waals surface area (Å²) in [6.45, 7) is 1.51. The molecule has 0 saturated carbocycles. The maximum atomic E-state index is 12.5. The van der Waals surface area contributed by atoms with Gasteiger partial charge in [-0.25, -0.2) is 4.98 Å². The van der Waals surface area contributed by atoms with Crippen LogP contribution in [0.2, 0.25) is 0 Å². The lowest BCUT2D eigenvalue weighted by atomic mass is 10.0. The third-order valence-electron chi connectivity index (χ3n) is 3.64. The van der Waals surface area contributed by atoms with Crippen molar-refractivity contribution in [3.8, 4) is 0 Å². The molecule has 0 radical (unpaired) electrons. The van der Waals surface area contributed by atoms with Gasteiger partial charge in [0.25, 0.3) is 5.91 Å². The van der Waals surface area contributed by atoms with E-state index in [-0.39, 0.29) is 5.91 Å². The summed E-state index contributed by atoms with van der Waals surface area (Å²) in [6.07, 6.45) is 1.83. The Labute approximate surface area is 126 Å². The van der Waals surface area contributed by atoms with Gasteiger partial charge in [-0.05, 0) is 52.0 Å². The summed E-state index contributed by atoms with van der Waals surface area (Å²) < 4.78 is 0.696. The van der Waals surface area contributed by atoms with Crippen molar-refractivity contribution in [3.05, 3.63) is 63.9 Å². The molecule has 0 fully saturated rings. The molecule has 3 nitrogen and oxygen atoms in total. The minimum atomic E-state index is 0.0131. The molecule has 0 saturated heterocycles. The summed E-state index contributed by atoms with van der Waals surface area (Å²) in [5.41, 5.74) is 3.21. The molecule has 1 aliphatic heterocycles. The van der Waals surface area contributed by atoms with Gasteiger partial charge in [-0.3, -0.25) is 4.79 Å². The molecule has 0 unspecified atom stereocenters. The molecular weight excluding hydrogens is 316 g/mol. The van der Waals surface area contributed by atoms with E-state index in [1.54, 1.807) is 6.07 Å². The predicted molar refractivity (Wildman–Crippen MR) is 81.7 cm³/mol. The number of hydrogen-bond donors (Lipinski definition) is 0. The Morgan fingerprint density at radius 3 is 2.25 bits per heavy atom. The first-order valence-corrected chi connectivity index (χ1v) is 7.52. The fourth-order valence-corrected chi connectivity index (χ4v) is 2.90. The van der Waals surface area contributed by atoms with Gasteiger partial charge in [-0.1, -0.05) is 30.3 Å². The normalized spacial score (nSPS) is 14.6. The minimum absolute atomic E-state index is 0.0131. The highest BCUT2D eigenvalue weighted by molar-refractivity contribution is 9.10. The number of benzene rings is 1. The van der Waals surface area contributed by atoms with E-state index in [0.717, 1.165) is 25.9 Å². The van der Waals surface area contributed by atoms with Gasteiger partial charge in [0.05, 0.1) is 0 Å². The van der Waals surface area contributed by atoms with Crippen molar-refractivity contribution in [1.82, 2.24) is 9.88 Å². The molecular formula is C16H15BrN2O. The van der Waals surface area contributed by atoms with Crippen molar-refractivity contribution >= 4 is 21.8 Å². The van der Waals surface area contributed by atoms with Gasteiger partial charge in [0, 0.05) is 13.1 Å². The van der Waals surface area contributed by atoms with Gasteiger partial charge in [-0.2, -0.15) is 0 Å². The van der Waals surface area contributed by atoms with Crippen LogP contribution in [0, 0.1) is 0 Å². The fraction of sp³-hybridized carbons (Fsp3) is 0.250. The zero-order valence-electron chi connectivity index (χ0n) is 11.1. The third-order valence-corrected chi connectivity index (χ3v) is 4.08. The molecule has 0 spiro atoms. The van der Waals surface area contributed by atoms with Crippen LogP contribution in [-0.2, 0) is 12.8 Å². The van der Waals surface area contributed by atoms with E-state index >= 15 is 0 Å². The molecule has 0 N–H and O–H groups in total. The quantitative estimate of drug-likeness (QED) is 0.753. The maximum absolute atomic E-state index is 12.5. The molecule has 1 aliphatic rings. The van der Waals surface area contributed by atoms with E-state index in [2.05, 4.69) is 45.2 Å². The topological polar surface area (TPSA) is 33.2 Å². The number of rotatable bonds is 1. The first kappa shape index (κ1) is 13.3. The predicted octanol–water partition coefficient (Wildman–Crippen LogP) is 3.09. The van der Waals surface area contributed by atoms with Gasteiger partial charge in [0.15, 0.2) is 0 Å². The van der Waals surface area contributed by atoms with Gasteiger partial charge in [0.2, 0.25) is 0 Å². The van der Waals surface area contributed by atoms with Crippen LogP contribution >= 0.6 is 15.9 Å². The summed E-state index contributed by atoms with van der Waals surface area (Å²) in [5, 5.41) is 0. The first-order valence-electron chi connectivity index (χ1n) is 6.72. The standard InChI is InChI=1S/C16H15BrN2O/c17-15-7-3-6-14(18-15)16(20)19-10-8-12-4-1-2-5-13(12)9-11-19/h1-7H,8-11H2. The fourth-order valence-electron chi connectivity index (χ4n) is 2.56. The lowest BCUT2D eigenvalue weighted by Gasteiger charge is -2.19. The van der Waals surface area contributed by atoms with Crippen LogP contribution in [0.4, 0.5) is 0 Å². The Kier molecular flexibility index (Phi) is 3.83. The highest BCUT2D eigenvalue weighted by Gasteiger charge is 2.20. The Hall–Kier alpha value is -1.68. The molecule has 1 aromatic heterocycles.